The Morgan fingerprint density at radius 3 is 3.07 bits per heavy atom. The maximum Gasteiger partial charge on any atom is 0.0708 e. The lowest BCUT2D eigenvalue weighted by Crippen LogP contribution is -2.34. The number of aromatic nitrogens is 1. The van der Waals surface area contributed by atoms with Crippen molar-refractivity contribution in [1.29, 1.82) is 0 Å². The zero-order chi connectivity index (χ0) is 10.2. The molecule has 1 aromatic heterocycles. The van der Waals surface area contributed by atoms with Crippen LogP contribution in [0, 0.1) is 0 Å². The molecule has 2 nitrogen and oxygen atoms in total. The van der Waals surface area contributed by atoms with Gasteiger partial charge in [0.05, 0.1) is 5.60 Å². The third kappa shape index (κ3) is 1.84. The summed E-state index contributed by atoms with van der Waals surface area (Å²) in [6.07, 6.45) is 5.46. The van der Waals surface area contributed by atoms with Gasteiger partial charge >= 0.3 is 0 Å². The number of halogens is 1. The van der Waals surface area contributed by atoms with Crippen LogP contribution in [0.1, 0.15) is 24.6 Å². The first-order valence-corrected chi connectivity index (χ1v) is 8.03. The van der Waals surface area contributed by atoms with E-state index >= 15 is 0 Å². The van der Waals surface area contributed by atoms with Crippen molar-refractivity contribution in [3.05, 3.63) is 23.5 Å². The fourth-order valence-electron chi connectivity index (χ4n) is 1.99. The van der Waals surface area contributed by atoms with Crippen molar-refractivity contribution in [2.24, 2.45) is 0 Å². The Hall–Kier alpha value is 0.320. The summed E-state index contributed by atoms with van der Waals surface area (Å²) in [5.74, 6) is 0. The number of ether oxygens (including phenoxy) is 1. The van der Waals surface area contributed by atoms with Crippen LogP contribution >= 0.6 is 30.3 Å². The number of fused-ring (bicyclic) bond motifs is 1. The van der Waals surface area contributed by atoms with Crippen molar-refractivity contribution in [2.75, 3.05) is 7.11 Å². The summed E-state index contributed by atoms with van der Waals surface area (Å²) in [7, 11) is 3.55. The highest BCUT2D eigenvalue weighted by molar-refractivity contribution is 14.2. The van der Waals surface area contributed by atoms with Gasteiger partial charge in [-0.25, -0.2) is 0 Å². The molecule has 78 valence electrons. The third-order valence-corrected chi connectivity index (χ3v) is 4.84. The van der Waals surface area contributed by atoms with Crippen LogP contribution in [-0.2, 0) is 17.6 Å². The summed E-state index contributed by atoms with van der Waals surface area (Å²) >= 11 is 2.32. The Labute approximate surface area is 101 Å². The number of methoxy groups -OCH3 is 1. The third-order valence-electron chi connectivity index (χ3n) is 3.08. The normalized spacial score (nSPS) is 26.2. The Morgan fingerprint density at radius 2 is 2.43 bits per heavy atom. The van der Waals surface area contributed by atoms with Crippen molar-refractivity contribution in [2.45, 2.75) is 31.8 Å². The van der Waals surface area contributed by atoms with E-state index in [-0.39, 0.29) is 5.60 Å². The summed E-state index contributed by atoms with van der Waals surface area (Å²) in [6, 6.07) is 2.23. The number of hydrogen-bond donors (Lipinski definition) is 0. The Kier molecular flexibility index (Phi) is 3.14. The molecule has 0 fully saturated rings. The monoisotopic (exact) mass is 323 g/mol. The second kappa shape index (κ2) is 4.06. The van der Waals surface area contributed by atoms with E-state index in [9.17, 15) is 0 Å². The van der Waals surface area contributed by atoms with Gasteiger partial charge in [0.15, 0.2) is 0 Å². The van der Waals surface area contributed by atoms with Crippen LogP contribution < -0.4 is 0 Å². The van der Waals surface area contributed by atoms with E-state index in [2.05, 4.69) is 44.4 Å². The quantitative estimate of drug-likeness (QED) is 0.776. The zero-order valence-electron chi connectivity index (χ0n) is 8.42. The minimum atomic E-state index is 0.0372. The lowest BCUT2D eigenvalue weighted by Gasteiger charge is -2.32. The van der Waals surface area contributed by atoms with Crippen LogP contribution in [0.2, 0.25) is 0 Å². The van der Waals surface area contributed by atoms with Crippen molar-refractivity contribution < 1.29 is 4.74 Å². The smallest absolute Gasteiger partial charge is 0.0708 e. The van der Waals surface area contributed by atoms with Gasteiger partial charge in [0.1, 0.15) is 0 Å². The molecule has 0 amide bonds. The van der Waals surface area contributed by atoms with Gasteiger partial charge in [0, 0.05) is 55.7 Å². The lowest BCUT2D eigenvalue weighted by molar-refractivity contribution is -0.00584. The number of rotatable bonds is 2. The van der Waals surface area contributed by atoms with E-state index in [1.165, 1.54) is 11.3 Å². The largest absolute Gasteiger partial charge is 0.378 e. The molecule has 0 aliphatic heterocycles. The molecule has 14 heavy (non-hydrogen) atoms. The molecular formula is C10H14INOS. The first-order valence-electron chi connectivity index (χ1n) is 4.72. The van der Waals surface area contributed by atoms with E-state index in [0.29, 0.717) is 0 Å². The summed E-state index contributed by atoms with van der Waals surface area (Å²) in [5.41, 5.74) is 2.96. The molecule has 1 atom stereocenters. The highest BCUT2D eigenvalue weighted by atomic mass is 127. The first-order chi connectivity index (χ1) is 6.68. The fraction of sp³-hybridized carbons (Fsp3) is 0.600. The average Bonchev–Trinajstić information content (AvgIpc) is 2.60. The van der Waals surface area contributed by atoms with E-state index < -0.39 is 0 Å². The molecule has 1 aliphatic rings. The van der Waals surface area contributed by atoms with E-state index in [1.54, 1.807) is 9.12 Å². The SMILES string of the molecule is COC1(C)CCc2ccn(SI)c2C1. The van der Waals surface area contributed by atoms with Crippen molar-refractivity contribution in [1.82, 2.24) is 3.97 Å². The van der Waals surface area contributed by atoms with Gasteiger partial charge in [0.2, 0.25) is 0 Å². The Balaban J connectivity index is 2.31. The van der Waals surface area contributed by atoms with Gasteiger partial charge in [-0.15, -0.1) is 0 Å². The van der Waals surface area contributed by atoms with Crippen LogP contribution in [0.5, 0.6) is 0 Å². The Bertz CT molecular complexity index is 325. The fourth-order valence-corrected chi connectivity index (χ4v) is 3.46. The highest BCUT2D eigenvalue weighted by Gasteiger charge is 2.31. The maximum atomic E-state index is 5.58. The molecular weight excluding hydrogens is 309 g/mol. The van der Waals surface area contributed by atoms with Gasteiger partial charge in [-0.1, -0.05) is 0 Å². The van der Waals surface area contributed by atoms with Crippen LogP contribution in [-0.4, -0.2) is 16.7 Å². The van der Waals surface area contributed by atoms with Crippen LogP contribution in [0.3, 0.4) is 0 Å². The lowest BCUT2D eigenvalue weighted by atomic mass is 9.85. The number of aryl methyl sites for hydroxylation is 1. The van der Waals surface area contributed by atoms with Gasteiger partial charge in [-0.05, 0) is 31.4 Å². The summed E-state index contributed by atoms with van der Waals surface area (Å²) in [4.78, 5) is 0. The van der Waals surface area contributed by atoms with Crippen molar-refractivity contribution in [3.63, 3.8) is 0 Å². The van der Waals surface area contributed by atoms with Crippen LogP contribution in [0.25, 0.3) is 0 Å². The summed E-state index contributed by atoms with van der Waals surface area (Å²) in [5, 5.41) is 0. The molecule has 0 aromatic carbocycles. The minimum Gasteiger partial charge on any atom is -0.378 e. The molecule has 4 heteroatoms. The van der Waals surface area contributed by atoms with Gasteiger partial charge in [-0.3, -0.25) is 3.97 Å². The van der Waals surface area contributed by atoms with Crippen molar-refractivity contribution in [3.8, 4) is 0 Å². The van der Waals surface area contributed by atoms with E-state index in [1.807, 2.05) is 7.11 Å². The molecule has 2 rings (SSSR count). The Morgan fingerprint density at radius 1 is 1.64 bits per heavy atom. The van der Waals surface area contributed by atoms with Crippen molar-refractivity contribution >= 4 is 30.3 Å². The molecule has 1 unspecified atom stereocenters. The van der Waals surface area contributed by atoms with Crippen LogP contribution in [0.15, 0.2) is 12.3 Å². The summed E-state index contributed by atoms with van der Waals surface area (Å²) in [6.45, 7) is 2.20. The maximum absolute atomic E-state index is 5.58. The predicted molar refractivity (Wildman–Crippen MR) is 68.9 cm³/mol. The molecule has 0 bridgehead atoms. The molecule has 1 aliphatic carbocycles. The molecule has 0 saturated heterocycles. The van der Waals surface area contributed by atoms with Gasteiger partial charge < -0.3 is 4.74 Å². The summed E-state index contributed by atoms with van der Waals surface area (Å²) < 4.78 is 7.82. The second-order valence-corrected chi connectivity index (χ2v) is 5.73. The van der Waals surface area contributed by atoms with Crippen LogP contribution in [0.4, 0.5) is 0 Å². The highest BCUT2D eigenvalue weighted by Crippen LogP contribution is 2.34. The molecule has 0 spiro atoms. The molecule has 0 saturated carbocycles. The average molecular weight is 323 g/mol. The molecule has 1 aromatic rings. The predicted octanol–water partition coefficient (Wildman–Crippen LogP) is 3.23. The van der Waals surface area contributed by atoms with E-state index in [4.69, 9.17) is 4.74 Å². The molecule has 0 radical (unpaired) electrons. The van der Waals surface area contributed by atoms with Gasteiger partial charge in [0.25, 0.3) is 0 Å². The number of nitrogens with zero attached hydrogens (tertiary/aromatic N) is 1. The molecule has 0 N–H and O–H groups in total. The van der Waals surface area contributed by atoms with Gasteiger partial charge in [-0.2, -0.15) is 0 Å². The second-order valence-electron chi connectivity index (χ2n) is 4.01. The first kappa shape index (κ1) is 10.8. The van der Waals surface area contributed by atoms with E-state index in [0.717, 1.165) is 19.3 Å². The topological polar surface area (TPSA) is 14.2 Å². The minimum absolute atomic E-state index is 0.0372. The zero-order valence-corrected chi connectivity index (χ0v) is 11.4. The number of hydrogen-bond acceptors (Lipinski definition) is 2. The standard InChI is InChI=1S/C10H14INOS/c1-10(13-2)5-3-8-4-6-12(14-11)9(8)7-10/h4,6H,3,5,7H2,1-2H3. The molecule has 1 heterocycles.